The van der Waals surface area contributed by atoms with Crippen molar-refractivity contribution in [1.82, 2.24) is 9.34 Å². The van der Waals surface area contributed by atoms with Crippen LogP contribution in [-0.4, -0.2) is 73.4 Å². The lowest BCUT2D eigenvalue weighted by Gasteiger charge is -2.29. The summed E-state index contributed by atoms with van der Waals surface area (Å²) in [4.78, 5) is 24.0. The molecule has 0 aromatic heterocycles. The predicted octanol–water partition coefficient (Wildman–Crippen LogP) is 1.90. The molecule has 11 heteroatoms. The minimum absolute atomic E-state index is 0.0475. The molecular formula is C20H29N2O8P. The van der Waals surface area contributed by atoms with E-state index in [4.69, 9.17) is 18.7 Å². The summed E-state index contributed by atoms with van der Waals surface area (Å²) in [6.07, 6.45) is -2.55. The summed E-state index contributed by atoms with van der Waals surface area (Å²) in [5, 5.41) is 10.5. The topological polar surface area (TPSA) is 115 Å². The second-order valence-electron chi connectivity index (χ2n) is 7.17. The van der Waals surface area contributed by atoms with E-state index in [0.717, 1.165) is 5.56 Å². The van der Waals surface area contributed by atoms with Crippen molar-refractivity contribution in [3.63, 3.8) is 0 Å². The molecule has 0 bridgehead atoms. The van der Waals surface area contributed by atoms with E-state index in [1.807, 2.05) is 30.3 Å². The second-order valence-corrected chi connectivity index (χ2v) is 9.94. The maximum absolute atomic E-state index is 13.3. The lowest BCUT2D eigenvalue weighted by molar-refractivity contribution is -0.154. The Balaban J connectivity index is 2.35. The summed E-state index contributed by atoms with van der Waals surface area (Å²) >= 11 is 0. The Bertz CT molecular complexity index is 844. The Morgan fingerprint density at radius 1 is 1.19 bits per heavy atom. The third-order valence-electron chi connectivity index (χ3n) is 4.41. The van der Waals surface area contributed by atoms with Crippen molar-refractivity contribution in [3.8, 4) is 0 Å². The van der Waals surface area contributed by atoms with Crippen LogP contribution in [0.2, 0.25) is 0 Å². The van der Waals surface area contributed by atoms with Gasteiger partial charge in [-0.25, -0.2) is 18.7 Å². The minimum atomic E-state index is -3.61. The third-order valence-corrected chi connectivity index (χ3v) is 6.86. The predicted molar refractivity (Wildman–Crippen MR) is 111 cm³/mol. The molecule has 2 rings (SSSR count). The fourth-order valence-corrected chi connectivity index (χ4v) is 4.12. The average molecular weight is 456 g/mol. The summed E-state index contributed by atoms with van der Waals surface area (Å²) in [5.74, 6) is -1.96. The van der Waals surface area contributed by atoms with Crippen molar-refractivity contribution < 1.29 is 38.0 Å². The molecule has 31 heavy (non-hydrogen) atoms. The van der Waals surface area contributed by atoms with E-state index in [2.05, 4.69) is 0 Å². The fourth-order valence-electron chi connectivity index (χ4n) is 2.68. The Labute approximate surface area is 181 Å². The number of hydrogen-bond acceptors (Lipinski definition) is 8. The first kappa shape index (κ1) is 24.9. The molecule has 1 aliphatic heterocycles. The first-order valence-corrected chi connectivity index (χ1v) is 11.2. The van der Waals surface area contributed by atoms with Gasteiger partial charge in [-0.15, -0.1) is 0 Å². The van der Waals surface area contributed by atoms with Crippen LogP contribution in [0.3, 0.4) is 0 Å². The highest BCUT2D eigenvalue weighted by atomic mass is 31.2. The Kier molecular flexibility index (Phi) is 8.64. The SMILES string of the molecule is CCC(=O)OCC(O)C1OC(=O)C(OP(=O)(N(C)C)N(C)C)=C1OCc1ccccc1. The Morgan fingerprint density at radius 3 is 2.35 bits per heavy atom. The first-order chi connectivity index (χ1) is 14.6. The fraction of sp³-hybridized carbons (Fsp3) is 0.500. The van der Waals surface area contributed by atoms with Crippen molar-refractivity contribution >= 4 is 19.6 Å². The number of carbonyl (C=O) groups is 2. The maximum atomic E-state index is 13.3. The number of nitrogens with zero attached hydrogens (tertiary/aromatic N) is 2. The van der Waals surface area contributed by atoms with Gasteiger partial charge in [0.2, 0.25) is 0 Å². The number of cyclic esters (lactones) is 1. The van der Waals surface area contributed by atoms with E-state index in [-0.39, 0.29) is 18.8 Å². The Hall–Kier alpha value is -2.39. The van der Waals surface area contributed by atoms with Gasteiger partial charge >= 0.3 is 19.6 Å². The molecule has 2 unspecified atom stereocenters. The molecule has 0 aliphatic carbocycles. The normalized spacial score (nSPS) is 17.7. The Morgan fingerprint density at radius 2 is 1.81 bits per heavy atom. The molecule has 1 aliphatic rings. The molecule has 1 heterocycles. The smallest absolute Gasteiger partial charge is 0.395 e. The van der Waals surface area contributed by atoms with Gasteiger partial charge in [-0.1, -0.05) is 37.3 Å². The van der Waals surface area contributed by atoms with Crippen molar-refractivity contribution in [2.75, 3.05) is 34.8 Å². The van der Waals surface area contributed by atoms with Crippen molar-refractivity contribution in [2.45, 2.75) is 32.2 Å². The molecule has 0 amide bonds. The number of esters is 2. The number of aliphatic hydroxyl groups is 1. The average Bonchev–Trinajstić information content (AvgIpc) is 3.05. The van der Waals surface area contributed by atoms with Gasteiger partial charge in [0.15, 0.2) is 11.9 Å². The standard InChI is InChI=1S/C20H29N2O8P/c1-6-16(24)27-13-15(23)17-18(28-12-14-10-8-7-9-11-14)19(20(25)29-17)30-31(26,21(2)3)22(4)5/h7-11,15,17,23H,6,12-13H2,1-5H3. The highest BCUT2D eigenvalue weighted by molar-refractivity contribution is 7.54. The lowest BCUT2D eigenvalue weighted by Crippen LogP contribution is -2.34. The van der Waals surface area contributed by atoms with Crippen molar-refractivity contribution in [2.24, 2.45) is 0 Å². The number of carbonyl (C=O) groups excluding carboxylic acids is 2. The molecule has 0 radical (unpaired) electrons. The molecule has 1 aromatic carbocycles. The van der Waals surface area contributed by atoms with Crippen LogP contribution in [0.1, 0.15) is 18.9 Å². The van der Waals surface area contributed by atoms with Gasteiger partial charge < -0.3 is 23.8 Å². The molecular weight excluding hydrogens is 427 g/mol. The van der Waals surface area contributed by atoms with Gasteiger partial charge in [0.05, 0.1) is 0 Å². The largest absolute Gasteiger partial charge is 0.485 e. The summed E-state index contributed by atoms with van der Waals surface area (Å²) < 4.78 is 37.6. The molecule has 0 saturated heterocycles. The van der Waals surface area contributed by atoms with Crippen LogP contribution in [0.5, 0.6) is 0 Å². The molecule has 10 nitrogen and oxygen atoms in total. The molecule has 0 spiro atoms. The van der Waals surface area contributed by atoms with E-state index in [0.29, 0.717) is 0 Å². The van der Waals surface area contributed by atoms with Gasteiger partial charge in [-0.3, -0.25) is 4.79 Å². The minimum Gasteiger partial charge on any atom is -0.485 e. The second kappa shape index (κ2) is 10.8. The molecule has 0 saturated carbocycles. The number of ether oxygens (including phenoxy) is 3. The van der Waals surface area contributed by atoms with E-state index in [1.54, 1.807) is 35.1 Å². The van der Waals surface area contributed by atoms with Crippen molar-refractivity contribution in [1.29, 1.82) is 0 Å². The van der Waals surface area contributed by atoms with Gasteiger partial charge in [0.25, 0.3) is 5.76 Å². The zero-order valence-electron chi connectivity index (χ0n) is 18.3. The van der Waals surface area contributed by atoms with E-state index in [9.17, 15) is 19.3 Å². The molecule has 2 atom stereocenters. The van der Waals surface area contributed by atoms with Crippen LogP contribution in [0.4, 0.5) is 0 Å². The first-order valence-electron chi connectivity index (χ1n) is 9.71. The van der Waals surface area contributed by atoms with Crippen molar-refractivity contribution in [3.05, 3.63) is 47.4 Å². The zero-order chi connectivity index (χ0) is 23.2. The van der Waals surface area contributed by atoms with Crippen LogP contribution >= 0.6 is 7.67 Å². The highest BCUT2D eigenvalue weighted by Crippen LogP contribution is 2.53. The number of benzene rings is 1. The molecule has 172 valence electrons. The van der Waals surface area contributed by atoms with Gasteiger partial charge in [-0.05, 0) is 33.8 Å². The molecule has 1 N–H and O–H groups in total. The number of rotatable bonds is 11. The van der Waals surface area contributed by atoms with Crippen LogP contribution in [0, 0.1) is 0 Å². The van der Waals surface area contributed by atoms with Crippen LogP contribution in [0.15, 0.2) is 41.9 Å². The van der Waals surface area contributed by atoms with Gasteiger partial charge in [-0.2, -0.15) is 0 Å². The van der Waals surface area contributed by atoms with Crippen LogP contribution < -0.4 is 0 Å². The van der Waals surface area contributed by atoms with E-state index >= 15 is 0 Å². The molecule has 1 aromatic rings. The quantitative estimate of drug-likeness (QED) is 0.391. The number of hydrogen-bond donors (Lipinski definition) is 1. The zero-order valence-corrected chi connectivity index (χ0v) is 19.2. The van der Waals surface area contributed by atoms with Gasteiger partial charge in [0, 0.05) is 6.42 Å². The summed E-state index contributed by atoms with van der Waals surface area (Å²) in [6, 6.07) is 9.13. The summed E-state index contributed by atoms with van der Waals surface area (Å²) in [5.41, 5.74) is 0.794. The van der Waals surface area contributed by atoms with Crippen LogP contribution in [0.25, 0.3) is 0 Å². The summed E-state index contributed by atoms with van der Waals surface area (Å²) in [6.45, 7) is 1.26. The molecule has 0 fully saturated rings. The van der Waals surface area contributed by atoms with E-state index < -0.39 is 44.2 Å². The number of aliphatic hydroxyl groups excluding tert-OH is 1. The summed E-state index contributed by atoms with van der Waals surface area (Å²) in [7, 11) is 2.56. The van der Waals surface area contributed by atoms with Crippen LogP contribution in [-0.2, 0) is 39.5 Å². The van der Waals surface area contributed by atoms with Gasteiger partial charge in [0.1, 0.15) is 19.3 Å². The third kappa shape index (κ3) is 6.07. The van der Waals surface area contributed by atoms with E-state index in [1.165, 1.54) is 9.34 Å². The monoisotopic (exact) mass is 456 g/mol. The lowest BCUT2D eigenvalue weighted by atomic mass is 10.1. The highest BCUT2D eigenvalue weighted by Gasteiger charge is 2.46. The maximum Gasteiger partial charge on any atom is 0.395 e.